The van der Waals surface area contributed by atoms with Gasteiger partial charge in [0.25, 0.3) is 0 Å². The van der Waals surface area contributed by atoms with Crippen molar-refractivity contribution in [1.82, 2.24) is 15.3 Å². The molecule has 0 fully saturated rings. The number of nitrogens with one attached hydrogen (secondary N) is 2. The molecule has 0 saturated heterocycles. The number of rotatable bonds is 5. The summed E-state index contributed by atoms with van der Waals surface area (Å²) in [6.07, 6.45) is 3.52. The summed E-state index contributed by atoms with van der Waals surface area (Å²) in [5, 5.41) is 13.1. The van der Waals surface area contributed by atoms with Crippen molar-refractivity contribution in [2.24, 2.45) is 0 Å². The first kappa shape index (κ1) is 16.4. The monoisotopic (exact) mass is 347 g/mol. The summed E-state index contributed by atoms with van der Waals surface area (Å²) in [7, 11) is 0. The van der Waals surface area contributed by atoms with Crippen molar-refractivity contribution in [3.8, 4) is 0 Å². The lowest BCUT2D eigenvalue weighted by molar-refractivity contribution is -0.121. The zero-order valence-electron chi connectivity index (χ0n) is 12.6. The molecule has 24 heavy (non-hydrogen) atoms. The number of halogens is 2. The predicted molar refractivity (Wildman–Crippen MR) is 89.2 cm³/mol. The number of carbonyl (C=O) groups is 1. The van der Waals surface area contributed by atoms with Crippen molar-refractivity contribution < 1.29 is 14.3 Å². The fraction of sp³-hybridized carbons (Fsp3) is 0.176. The maximum Gasteiger partial charge on any atom is 0.225 e. The first-order chi connectivity index (χ1) is 11.6. The first-order valence-electron chi connectivity index (χ1n) is 7.34. The third-order valence-corrected chi connectivity index (χ3v) is 4.06. The van der Waals surface area contributed by atoms with Gasteiger partial charge in [0.2, 0.25) is 5.91 Å². The van der Waals surface area contributed by atoms with E-state index in [1.54, 1.807) is 24.5 Å². The van der Waals surface area contributed by atoms with Crippen LogP contribution in [-0.4, -0.2) is 27.6 Å². The number of aliphatic hydroxyl groups is 1. The second-order valence-corrected chi connectivity index (χ2v) is 5.77. The van der Waals surface area contributed by atoms with Crippen LogP contribution in [0.3, 0.4) is 0 Å². The summed E-state index contributed by atoms with van der Waals surface area (Å²) in [5.41, 5.74) is 1.96. The van der Waals surface area contributed by atoms with Crippen LogP contribution in [0.5, 0.6) is 0 Å². The maximum atomic E-state index is 13.6. The molecule has 1 unspecified atom stereocenters. The van der Waals surface area contributed by atoms with Crippen LogP contribution in [0.25, 0.3) is 11.0 Å². The van der Waals surface area contributed by atoms with Crippen LogP contribution in [0, 0.1) is 5.82 Å². The number of nitrogens with zero attached hydrogens (tertiary/aromatic N) is 1. The number of amides is 1. The minimum Gasteiger partial charge on any atom is -0.394 e. The number of fused-ring (bicyclic) bond motifs is 1. The molecule has 1 atom stereocenters. The van der Waals surface area contributed by atoms with Gasteiger partial charge in [-0.3, -0.25) is 4.79 Å². The van der Waals surface area contributed by atoms with E-state index >= 15 is 0 Å². The third-order valence-electron chi connectivity index (χ3n) is 3.75. The standard InChI is InChI=1S/C17H15ClFN3O2/c18-13-4-3-10(6-14(13)19)15(9-23)22-16(24)7-11-8-21-17-12(11)2-1-5-20-17/h1-6,8,15,23H,7,9H2,(H,20,21)(H,22,24). The van der Waals surface area contributed by atoms with Gasteiger partial charge in [-0.1, -0.05) is 17.7 Å². The quantitative estimate of drug-likeness (QED) is 0.664. The number of hydrogen-bond acceptors (Lipinski definition) is 3. The van der Waals surface area contributed by atoms with Crippen LogP contribution < -0.4 is 5.32 Å². The molecule has 0 radical (unpaired) electrons. The van der Waals surface area contributed by atoms with E-state index in [0.29, 0.717) is 11.2 Å². The highest BCUT2D eigenvalue weighted by Crippen LogP contribution is 2.21. The molecule has 0 saturated carbocycles. The summed E-state index contributed by atoms with van der Waals surface area (Å²) in [6.45, 7) is -0.345. The van der Waals surface area contributed by atoms with Crippen molar-refractivity contribution in [2.45, 2.75) is 12.5 Å². The Hall–Kier alpha value is -2.44. The van der Waals surface area contributed by atoms with Gasteiger partial charge < -0.3 is 15.4 Å². The normalized spacial score (nSPS) is 12.3. The van der Waals surface area contributed by atoms with Gasteiger partial charge in [-0.25, -0.2) is 9.37 Å². The Labute approximate surface area is 142 Å². The number of hydrogen-bond donors (Lipinski definition) is 3. The number of aromatic nitrogens is 2. The molecule has 1 amide bonds. The zero-order chi connectivity index (χ0) is 17.1. The van der Waals surface area contributed by atoms with E-state index in [1.807, 2.05) is 6.07 Å². The van der Waals surface area contributed by atoms with Crippen LogP contribution in [0.2, 0.25) is 5.02 Å². The van der Waals surface area contributed by atoms with E-state index in [0.717, 1.165) is 10.9 Å². The zero-order valence-corrected chi connectivity index (χ0v) is 13.3. The Kier molecular flexibility index (Phi) is 4.78. The topological polar surface area (TPSA) is 78.0 Å². The lowest BCUT2D eigenvalue weighted by Gasteiger charge is -2.17. The van der Waals surface area contributed by atoms with Crippen LogP contribution in [0.15, 0.2) is 42.7 Å². The van der Waals surface area contributed by atoms with Crippen molar-refractivity contribution in [3.05, 3.63) is 64.7 Å². The summed E-state index contributed by atoms with van der Waals surface area (Å²) in [6, 6.07) is 7.14. The van der Waals surface area contributed by atoms with Crippen molar-refractivity contribution >= 4 is 28.5 Å². The molecule has 3 N–H and O–H groups in total. The molecular formula is C17H15ClFN3O2. The average molecular weight is 348 g/mol. The first-order valence-corrected chi connectivity index (χ1v) is 7.72. The smallest absolute Gasteiger partial charge is 0.225 e. The van der Waals surface area contributed by atoms with Gasteiger partial charge in [0, 0.05) is 17.8 Å². The van der Waals surface area contributed by atoms with E-state index in [9.17, 15) is 14.3 Å². The van der Waals surface area contributed by atoms with Crippen LogP contribution >= 0.6 is 11.6 Å². The number of carbonyl (C=O) groups excluding carboxylic acids is 1. The molecular weight excluding hydrogens is 333 g/mol. The van der Waals surface area contributed by atoms with Gasteiger partial charge in [-0.05, 0) is 35.4 Å². The molecule has 2 heterocycles. The summed E-state index contributed by atoms with van der Waals surface area (Å²) >= 11 is 5.65. The van der Waals surface area contributed by atoms with E-state index < -0.39 is 11.9 Å². The molecule has 0 aliphatic heterocycles. The molecule has 124 valence electrons. The largest absolute Gasteiger partial charge is 0.394 e. The van der Waals surface area contributed by atoms with Crippen molar-refractivity contribution in [1.29, 1.82) is 0 Å². The highest BCUT2D eigenvalue weighted by molar-refractivity contribution is 6.30. The summed E-state index contributed by atoms with van der Waals surface area (Å²) in [4.78, 5) is 19.4. The lowest BCUT2D eigenvalue weighted by atomic mass is 10.1. The minimum absolute atomic E-state index is 0.00643. The molecule has 3 aromatic rings. The Morgan fingerprint density at radius 3 is 3.00 bits per heavy atom. The predicted octanol–water partition coefficient (Wildman–Crippen LogP) is 2.75. The highest BCUT2D eigenvalue weighted by atomic mass is 35.5. The number of pyridine rings is 1. The number of H-pyrrole nitrogens is 1. The van der Waals surface area contributed by atoms with E-state index in [4.69, 9.17) is 11.6 Å². The van der Waals surface area contributed by atoms with Crippen LogP contribution in [0.1, 0.15) is 17.2 Å². The Morgan fingerprint density at radius 2 is 2.25 bits per heavy atom. The SMILES string of the molecule is O=C(Cc1c[nH]c2ncccc12)NC(CO)c1ccc(Cl)c(F)c1. The summed E-state index contributed by atoms with van der Waals surface area (Å²) in [5.74, 6) is -0.876. The molecule has 7 heteroatoms. The molecule has 0 aliphatic carbocycles. The van der Waals surface area contributed by atoms with Gasteiger partial charge in [0.15, 0.2) is 0 Å². The minimum atomic E-state index is -0.701. The van der Waals surface area contributed by atoms with Gasteiger partial charge >= 0.3 is 0 Å². The van der Waals surface area contributed by atoms with E-state index in [2.05, 4.69) is 15.3 Å². The van der Waals surface area contributed by atoms with Gasteiger partial charge in [0.05, 0.1) is 24.1 Å². The fourth-order valence-electron chi connectivity index (χ4n) is 2.54. The maximum absolute atomic E-state index is 13.6. The third kappa shape index (κ3) is 3.39. The van der Waals surface area contributed by atoms with Gasteiger partial charge in [-0.2, -0.15) is 0 Å². The van der Waals surface area contributed by atoms with Gasteiger partial charge in [-0.15, -0.1) is 0 Å². The Morgan fingerprint density at radius 1 is 1.42 bits per heavy atom. The van der Waals surface area contributed by atoms with Crippen molar-refractivity contribution in [3.63, 3.8) is 0 Å². The van der Waals surface area contributed by atoms with Crippen molar-refractivity contribution in [2.75, 3.05) is 6.61 Å². The van der Waals surface area contributed by atoms with Crippen LogP contribution in [0.4, 0.5) is 4.39 Å². The van der Waals surface area contributed by atoms with Gasteiger partial charge in [0.1, 0.15) is 11.5 Å². The van der Waals surface area contributed by atoms with E-state index in [-0.39, 0.29) is 24.0 Å². The summed E-state index contributed by atoms with van der Waals surface area (Å²) < 4.78 is 13.6. The molecule has 3 rings (SSSR count). The highest BCUT2D eigenvalue weighted by Gasteiger charge is 2.17. The molecule has 1 aromatic carbocycles. The second-order valence-electron chi connectivity index (χ2n) is 5.37. The fourth-order valence-corrected chi connectivity index (χ4v) is 2.66. The number of aliphatic hydroxyl groups excluding tert-OH is 1. The Balaban J connectivity index is 1.73. The average Bonchev–Trinajstić information content (AvgIpc) is 2.98. The van der Waals surface area contributed by atoms with E-state index in [1.165, 1.54) is 12.1 Å². The molecule has 0 spiro atoms. The molecule has 0 bridgehead atoms. The second kappa shape index (κ2) is 6.98. The molecule has 2 aromatic heterocycles. The number of aromatic amines is 1. The number of benzene rings is 1. The Bertz CT molecular complexity index is 881. The van der Waals surface area contributed by atoms with Crippen LogP contribution in [-0.2, 0) is 11.2 Å². The molecule has 5 nitrogen and oxygen atoms in total. The molecule has 0 aliphatic rings. The lowest BCUT2D eigenvalue weighted by Crippen LogP contribution is -2.32.